The summed E-state index contributed by atoms with van der Waals surface area (Å²) in [7, 11) is 0. The summed E-state index contributed by atoms with van der Waals surface area (Å²) in [4.78, 5) is 0. The van der Waals surface area contributed by atoms with E-state index >= 15 is 0 Å². The summed E-state index contributed by atoms with van der Waals surface area (Å²) in [5.74, 6) is 1.34. The Hall–Kier alpha value is -1.51. The zero-order chi connectivity index (χ0) is 12.1. The van der Waals surface area contributed by atoms with Crippen molar-refractivity contribution in [1.29, 1.82) is 5.41 Å². The average molecular weight is 220 g/mol. The van der Waals surface area contributed by atoms with Crippen LogP contribution < -0.4 is 10.5 Å². The molecule has 0 saturated carbocycles. The van der Waals surface area contributed by atoms with Crippen LogP contribution in [-0.4, -0.2) is 11.9 Å². The van der Waals surface area contributed by atoms with Gasteiger partial charge in [0, 0.05) is 0 Å². The molecule has 0 aliphatic rings. The summed E-state index contributed by atoms with van der Waals surface area (Å²) in [5.41, 5.74) is 6.58. The predicted molar refractivity (Wildman–Crippen MR) is 67.2 cm³/mol. The van der Waals surface area contributed by atoms with Crippen LogP contribution in [-0.2, 0) is 0 Å². The van der Waals surface area contributed by atoms with Crippen molar-refractivity contribution in [3.63, 3.8) is 0 Å². The third-order valence-corrected chi connectivity index (χ3v) is 2.80. The molecule has 3 N–H and O–H groups in total. The summed E-state index contributed by atoms with van der Waals surface area (Å²) in [6, 6.07) is 7.94. The quantitative estimate of drug-likeness (QED) is 0.592. The van der Waals surface area contributed by atoms with Crippen molar-refractivity contribution in [3.05, 3.63) is 29.8 Å². The van der Waals surface area contributed by atoms with Crippen LogP contribution in [0.2, 0.25) is 0 Å². The lowest BCUT2D eigenvalue weighted by Gasteiger charge is -2.19. The molecule has 0 spiro atoms. The normalized spacial score (nSPS) is 14.2. The molecule has 0 fully saturated rings. The predicted octanol–water partition coefficient (Wildman–Crippen LogP) is 2.90. The Morgan fingerprint density at radius 2 is 2.00 bits per heavy atom. The molecule has 1 aromatic carbocycles. The molecule has 88 valence electrons. The van der Waals surface area contributed by atoms with Gasteiger partial charge in [0.2, 0.25) is 0 Å². The first-order valence-corrected chi connectivity index (χ1v) is 5.65. The van der Waals surface area contributed by atoms with E-state index in [1.807, 2.05) is 18.2 Å². The Kier molecular flexibility index (Phi) is 4.35. The third kappa shape index (κ3) is 2.99. The van der Waals surface area contributed by atoms with Crippen LogP contribution in [0.4, 0.5) is 0 Å². The zero-order valence-electron chi connectivity index (χ0n) is 10.2. The van der Waals surface area contributed by atoms with Crippen molar-refractivity contribution in [2.24, 2.45) is 5.73 Å². The number of rotatable bonds is 5. The first kappa shape index (κ1) is 12.6. The fraction of sp³-hybridized carbons (Fsp3) is 0.462. The van der Waals surface area contributed by atoms with Gasteiger partial charge in [-0.05, 0) is 30.9 Å². The van der Waals surface area contributed by atoms with E-state index in [9.17, 15) is 0 Å². The molecule has 0 heterocycles. The van der Waals surface area contributed by atoms with E-state index in [-0.39, 0.29) is 11.9 Å². The minimum atomic E-state index is -0.370. The van der Waals surface area contributed by atoms with Gasteiger partial charge in [0.15, 0.2) is 6.10 Å². The van der Waals surface area contributed by atoms with Gasteiger partial charge in [-0.25, -0.2) is 0 Å². The highest BCUT2D eigenvalue weighted by molar-refractivity contribution is 5.81. The van der Waals surface area contributed by atoms with Crippen LogP contribution in [0.3, 0.4) is 0 Å². The summed E-state index contributed by atoms with van der Waals surface area (Å²) < 4.78 is 5.68. The molecule has 2 atom stereocenters. The molecule has 2 unspecified atom stereocenters. The second kappa shape index (κ2) is 5.54. The smallest absolute Gasteiger partial charge is 0.152 e. The van der Waals surface area contributed by atoms with E-state index in [0.29, 0.717) is 5.92 Å². The number of ether oxygens (including phenoxy) is 1. The van der Waals surface area contributed by atoms with Gasteiger partial charge in [0.05, 0.1) is 0 Å². The molecule has 0 bridgehead atoms. The lowest BCUT2D eigenvalue weighted by molar-refractivity contribution is 0.280. The SMILES string of the molecule is CCC(C)c1ccccc1OC(C)C(=N)N. The van der Waals surface area contributed by atoms with E-state index in [4.69, 9.17) is 15.9 Å². The molecule has 1 aromatic rings. The second-order valence-electron chi connectivity index (χ2n) is 4.06. The topological polar surface area (TPSA) is 59.1 Å². The number of hydrogen-bond donors (Lipinski definition) is 2. The number of nitrogens with one attached hydrogen (secondary N) is 1. The Labute approximate surface area is 97.1 Å². The van der Waals surface area contributed by atoms with E-state index in [1.54, 1.807) is 6.92 Å². The Morgan fingerprint density at radius 1 is 1.38 bits per heavy atom. The third-order valence-electron chi connectivity index (χ3n) is 2.80. The van der Waals surface area contributed by atoms with Gasteiger partial charge < -0.3 is 10.5 Å². The minimum Gasteiger partial charge on any atom is -0.483 e. The lowest BCUT2D eigenvalue weighted by Crippen LogP contribution is -2.30. The van der Waals surface area contributed by atoms with E-state index in [0.717, 1.165) is 12.2 Å². The zero-order valence-corrected chi connectivity index (χ0v) is 10.2. The van der Waals surface area contributed by atoms with Gasteiger partial charge in [-0.2, -0.15) is 0 Å². The number of benzene rings is 1. The maximum absolute atomic E-state index is 7.33. The van der Waals surface area contributed by atoms with Crippen molar-refractivity contribution in [3.8, 4) is 5.75 Å². The minimum absolute atomic E-state index is 0.0546. The number of para-hydroxylation sites is 1. The maximum atomic E-state index is 7.33. The van der Waals surface area contributed by atoms with Crippen LogP contribution in [0, 0.1) is 5.41 Å². The summed E-state index contributed by atoms with van der Waals surface area (Å²) in [5, 5.41) is 7.33. The van der Waals surface area contributed by atoms with Crippen LogP contribution in [0.15, 0.2) is 24.3 Å². The van der Waals surface area contributed by atoms with Gasteiger partial charge in [-0.15, -0.1) is 0 Å². The second-order valence-corrected chi connectivity index (χ2v) is 4.06. The van der Waals surface area contributed by atoms with E-state index in [2.05, 4.69) is 19.9 Å². The monoisotopic (exact) mass is 220 g/mol. The first-order chi connectivity index (χ1) is 7.56. The van der Waals surface area contributed by atoms with Crippen molar-refractivity contribution in [2.45, 2.75) is 39.2 Å². The molecular formula is C13H20N2O. The van der Waals surface area contributed by atoms with Gasteiger partial charge in [0.25, 0.3) is 0 Å². The van der Waals surface area contributed by atoms with Crippen LogP contribution in [0.5, 0.6) is 5.75 Å². The van der Waals surface area contributed by atoms with E-state index < -0.39 is 0 Å². The molecular weight excluding hydrogens is 200 g/mol. The fourth-order valence-corrected chi connectivity index (χ4v) is 1.47. The maximum Gasteiger partial charge on any atom is 0.152 e. The Balaban J connectivity index is 2.90. The fourth-order valence-electron chi connectivity index (χ4n) is 1.47. The Morgan fingerprint density at radius 3 is 2.56 bits per heavy atom. The van der Waals surface area contributed by atoms with Crippen LogP contribution >= 0.6 is 0 Å². The molecule has 0 aliphatic carbocycles. The van der Waals surface area contributed by atoms with Crippen LogP contribution in [0.25, 0.3) is 0 Å². The first-order valence-electron chi connectivity index (χ1n) is 5.65. The molecule has 16 heavy (non-hydrogen) atoms. The van der Waals surface area contributed by atoms with Gasteiger partial charge in [-0.1, -0.05) is 32.0 Å². The molecule has 3 nitrogen and oxygen atoms in total. The highest BCUT2D eigenvalue weighted by Gasteiger charge is 2.13. The summed E-state index contributed by atoms with van der Waals surface area (Å²) in [6.07, 6.45) is 0.694. The van der Waals surface area contributed by atoms with Crippen molar-refractivity contribution < 1.29 is 4.74 Å². The summed E-state index contributed by atoms with van der Waals surface area (Å²) >= 11 is 0. The van der Waals surface area contributed by atoms with Crippen molar-refractivity contribution in [2.75, 3.05) is 0 Å². The number of hydrogen-bond acceptors (Lipinski definition) is 2. The van der Waals surface area contributed by atoms with E-state index in [1.165, 1.54) is 5.56 Å². The molecule has 0 radical (unpaired) electrons. The molecule has 3 heteroatoms. The number of nitrogens with two attached hydrogens (primary N) is 1. The van der Waals surface area contributed by atoms with Gasteiger partial charge in [0.1, 0.15) is 11.6 Å². The van der Waals surface area contributed by atoms with Gasteiger partial charge in [-0.3, -0.25) is 5.41 Å². The largest absolute Gasteiger partial charge is 0.483 e. The highest BCUT2D eigenvalue weighted by atomic mass is 16.5. The molecule has 1 rings (SSSR count). The molecule has 0 aromatic heterocycles. The average Bonchev–Trinajstić information content (AvgIpc) is 2.28. The summed E-state index contributed by atoms with van der Waals surface area (Å²) in [6.45, 7) is 6.10. The molecule has 0 amide bonds. The van der Waals surface area contributed by atoms with Crippen LogP contribution in [0.1, 0.15) is 38.7 Å². The van der Waals surface area contributed by atoms with Crippen molar-refractivity contribution >= 4 is 5.84 Å². The standard InChI is InChI=1S/C13H20N2O/c1-4-9(2)11-7-5-6-8-12(11)16-10(3)13(14)15/h5-10H,4H2,1-3H3,(H3,14,15). The Bertz CT molecular complexity index is 363. The number of amidine groups is 1. The van der Waals surface area contributed by atoms with Crippen molar-refractivity contribution in [1.82, 2.24) is 0 Å². The molecule has 0 saturated heterocycles. The lowest BCUT2D eigenvalue weighted by atomic mass is 9.98. The highest BCUT2D eigenvalue weighted by Crippen LogP contribution is 2.28. The molecule has 0 aliphatic heterocycles. The van der Waals surface area contributed by atoms with Gasteiger partial charge >= 0.3 is 0 Å².